The van der Waals surface area contributed by atoms with Crippen molar-refractivity contribution < 1.29 is 39.1 Å². The fourth-order valence-electron chi connectivity index (χ4n) is 4.97. The standard InChI is InChI=1S/C30H48O8/c1-8-24(33)21(5)29-25(37-29)16-18(2)10-9-11-19(3)28-20(4)12-13-26(36-22(6)31)30(7,35)15-14-23(32)17-27(34)38-28/h9-13,18,20-21,23-26,28-29,32-33,35H,8,14-17H2,1-7H3/b10-9+,13-12-,19-11+/t18-,20+,21-,23+,24+,25+,26-,28-,29+,30-/m1/s1. The summed E-state index contributed by atoms with van der Waals surface area (Å²) in [4.78, 5) is 24.2. The maximum atomic E-state index is 12.6. The number of esters is 2. The maximum absolute atomic E-state index is 12.6. The number of hydrogen-bond acceptors (Lipinski definition) is 8. The molecule has 8 heteroatoms. The van der Waals surface area contributed by atoms with Crippen molar-refractivity contribution in [1.29, 1.82) is 0 Å². The number of epoxide rings is 1. The van der Waals surface area contributed by atoms with E-state index in [0.717, 1.165) is 18.4 Å². The molecule has 3 N–H and O–H groups in total. The lowest BCUT2D eigenvalue weighted by molar-refractivity contribution is -0.157. The van der Waals surface area contributed by atoms with Crippen LogP contribution in [0.2, 0.25) is 0 Å². The van der Waals surface area contributed by atoms with E-state index < -0.39 is 35.9 Å². The lowest BCUT2D eigenvalue weighted by Crippen LogP contribution is -2.42. The minimum absolute atomic E-state index is 0.105. The number of rotatable bonds is 9. The molecule has 2 aliphatic rings. The van der Waals surface area contributed by atoms with Crippen LogP contribution in [-0.4, -0.2) is 69.5 Å². The number of aliphatic hydroxyl groups is 3. The van der Waals surface area contributed by atoms with Crippen molar-refractivity contribution in [3.63, 3.8) is 0 Å². The molecule has 0 aromatic carbocycles. The number of allylic oxidation sites excluding steroid dienone is 3. The van der Waals surface area contributed by atoms with Gasteiger partial charge in [0.15, 0.2) is 0 Å². The van der Waals surface area contributed by atoms with Gasteiger partial charge in [0.1, 0.15) is 17.8 Å². The predicted molar refractivity (Wildman–Crippen MR) is 145 cm³/mol. The fraction of sp³-hybridized carbons (Fsp3) is 0.733. The smallest absolute Gasteiger partial charge is 0.309 e. The quantitative estimate of drug-likeness (QED) is 0.175. The highest BCUT2D eigenvalue weighted by Crippen LogP contribution is 2.36. The summed E-state index contributed by atoms with van der Waals surface area (Å²) >= 11 is 0. The van der Waals surface area contributed by atoms with Crippen LogP contribution in [0, 0.1) is 17.8 Å². The minimum atomic E-state index is -1.40. The Morgan fingerprint density at radius 2 is 1.97 bits per heavy atom. The molecule has 0 unspecified atom stereocenters. The molecule has 216 valence electrons. The summed E-state index contributed by atoms with van der Waals surface area (Å²) in [5.41, 5.74) is -0.580. The zero-order chi connectivity index (χ0) is 28.6. The highest BCUT2D eigenvalue weighted by molar-refractivity contribution is 5.70. The van der Waals surface area contributed by atoms with E-state index in [-0.39, 0.29) is 55.3 Å². The van der Waals surface area contributed by atoms with Gasteiger partial charge in [0.25, 0.3) is 0 Å². The first-order valence-corrected chi connectivity index (χ1v) is 13.9. The van der Waals surface area contributed by atoms with Crippen molar-refractivity contribution in [1.82, 2.24) is 0 Å². The van der Waals surface area contributed by atoms with Crippen molar-refractivity contribution in [2.75, 3.05) is 0 Å². The first kappa shape index (κ1) is 32.2. The highest BCUT2D eigenvalue weighted by atomic mass is 16.6. The van der Waals surface area contributed by atoms with Crippen LogP contribution in [0.1, 0.15) is 80.6 Å². The van der Waals surface area contributed by atoms with Crippen LogP contribution in [0.4, 0.5) is 0 Å². The number of hydrogen-bond donors (Lipinski definition) is 3. The fourth-order valence-corrected chi connectivity index (χ4v) is 4.97. The number of cyclic esters (lactones) is 1. The second kappa shape index (κ2) is 14.4. The first-order chi connectivity index (χ1) is 17.7. The Balaban J connectivity index is 2.12. The Morgan fingerprint density at radius 3 is 2.61 bits per heavy atom. The second-order valence-electron chi connectivity index (χ2n) is 11.4. The van der Waals surface area contributed by atoms with Gasteiger partial charge in [-0.05, 0) is 57.1 Å². The van der Waals surface area contributed by atoms with Gasteiger partial charge in [-0.3, -0.25) is 9.59 Å². The molecule has 1 saturated heterocycles. The molecule has 2 rings (SSSR count). The van der Waals surface area contributed by atoms with Crippen LogP contribution in [0.5, 0.6) is 0 Å². The molecule has 38 heavy (non-hydrogen) atoms. The summed E-state index contributed by atoms with van der Waals surface area (Å²) in [7, 11) is 0. The van der Waals surface area contributed by atoms with E-state index in [9.17, 15) is 24.9 Å². The average Bonchev–Trinajstić information content (AvgIpc) is 3.60. The van der Waals surface area contributed by atoms with Crippen LogP contribution < -0.4 is 0 Å². The Bertz CT molecular complexity index is 875. The molecule has 0 aromatic rings. The molecule has 0 spiro atoms. The normalized spacial score (nSPS) is 36.4. The third-order valence-corrected chi connectivity index (χ3v) is 7.63. The predicted octanol–water partition coefficient (Wildman–Crippen LogP) is 4.02. The van der Waals surface area contributed by atoms with E-state index in [4.69, 9.17) is 14.2 Å². The SMILES string of the molecule is CC[C@H](O)[C@@H](C)[C@@H]1O[C@H]1C[C@H](C)/C=C/C=C(\C)[C@H]1OC(=O)C[C@@H](O)CC[C@@](C)(O)[C@H](OC(C)=O)/C=C\[C@@H]1C. The minimum Gasteiger partial charge on any atom is -0.457 e. The molecule has 8 nitrogen and oxygen atoms in total. The van der Waals surface area contributed by atoms with Crippen LogP contribution in [-0.2, 0) is 23.8 Å². The van der Waals surface area contributed by atoms with Crippen LogP contribution >= 0.6 is 0 Å². The highest BCUT2D eigenvalue weighted by Gasteiger charge is 2.45. The Kier molecular flexibility index (Phi) is 12.2. The monoisotopic (exact) mass is 536 g/mol. The van der Waals surface area contributed by atoms with E-state index in [2.05, 4.69) is 13.0 Å². The van der Waals surface area contributed by atoms with Gasteiger partial charge in [0.2, 0.25) is 0 Å². The molecule has 0 radical (unpaired) electrons. The molecule has 2 aliphatic heterocycles. The lowest BCUT2D eigenvalue weighted by Gasteiger charge is -2.32. The van der Waals surface area contributed by atoms with Crippen molar-refractivity contribution in [3.8, 4) is 0 Å². The van der Waals surface area contributed by atoms with E-state index >= 15 is 0 Å². The zero-order valence-corrected chi connectivity index (χ0v) is 24.0. The second-order valence-corrected chi connectivity index (χ2v) is 11.4. The molecule has 0 bridgehead atoms. The average molecular weight is 537 g/mol. The van der Waals surface area contributed by atoms with Crippen LogP contribution in [0.25, 0.3) is 0 Å². The van der Waals surface area contributed by atoms with E-state index in [0.29, 0.717) is 0 Å². The van der Waals surface area contributed by atoms with Crippen molar-refractivity contribution in [2.45, 2.75) is 123 Å². The first-order valence-electron chi connectivity index (χ1n) is 13.9. The Hall–Kier alpha value is -2.00. The van der Waals surface area contributed by atoms with Crippen molar-refractivity contribution in [2.24, 2.45) is 17.8 Å². The van der Waals surface area contributed by atoms with Crippen LogP contribution in [0.3, 0.4) is 0 Å². The molecule has 0 amide bonds. The topological polar surface area (TPSA) is 126 Å². The number of aliphatic hydroxyl groups excluding tert-OH is 2. The number of ether oxygens (including phenoxy) is 3. The van der Waals surface area contributed by atoms with Crippen LogP contribution in [0.15, 0.2) is 36.0 Å². The van der Waals surface area contributed by atoms with Gasteiger partial charge in [0.05, 0.1) is 30.8 Å². The van der Waals surface area contributed by atoms with Gasteiger partial charge in [-0.25, -0.2) is 0 Å². The Labute approximate surface area is 227 Å². The summed E-state index contributed by atoms with van der Waals surface area (Å²) < 4.78 is 16.9. The van der Waals surface area contributed by atoms with E-state index in [1.807, 2.05) is 39.8 Å². The third kappa shape index (κ3) is 9.95. The largest absolute Gasteiger partial charge is 0.457 e. The van der Waals surface area contributed by atoms with Gasteiger partial charge in [0, 0.05) is 18.8 Å². The lowest BCUT2D eigenvalue weighted by atomic mass is 9.88. The van der Waals surface area contributed by atoms with E-state index in [1.54, 1.807) is 19.1 Å². The molecular weight excluding hydrogens is 488 g/mol. The molecule has 0 saturated carbocycles. The zero-order valence-electron chi connectivity index (χ0n) is 24.0. The third-order valence-electron chi connectivity index (χ3n) is 7.63. The number of carbonyl (C=O) groups is 2. The van der Waals surface area contributed by atoms with Crippen molar-refractivity contribution >= 4 is 11.9 Å². The van der Waals surface area contributed by atoms with Gasteiger partial charge < -0.3 is 29.5 Å². The molecule has 0 aromatic heterocycles. The maximum Gasteiger partial charge on any atom is 0.309 e. The molecule has 1 fully saturated rings. The summed E-state index contributed by atoms with van der Waals surface area (Å²) in [6, 6.07) is 0. The van der Waals surface area contributed by atoms with Gasteiger partial charge in [-0.1, -0.05) is 52.0 Å². The van der Waals surface area contributed by atoms with Gasteiger partial charge in [-0.15, -0.1) is 0 Å². The summed E-state index contributed by atoms with van der Waals surface area (Å²) in [5, 5.41) is 31.3. The van der Waals surface area contributed by atoms with Gasteiger partial charge in [-0.2, -0.15) is 0 Å². The van der Waals surface area contributed by atoms with Gasteiger partial charge >= 0.3 is 11.9 Å². The molecule has 0 aliphatic carbocycles. The van der Waals surface area contributed by atoms with E-state index in [1.165, 1.54) is 6.92 Å². The summed E-state index contributed by atoms with van der Waals surface area (Å²) in [6.45, 7) is 12.7. The number of carbonyl (C=O) groups excluding carboxylic acids is 2. The molecular formula is C30H48O8. The molecule has 10 atom stereocenters. The molecule has 2 heterocycles. The Morgan fingerprint density at radius 1 is 1.29 bits per heavy atom. The summed E-state index contributed by atoms with van der Waals surface area (Å²) in [5.74, 6) is -0.921. The van der Waals surface area contributed by atoms with Crippen molar-refractivity contribution in [3.05, 3.63) is 36.0 Å². The summed E-state index contributed by atoms with van der Waals surface area (Å²) in [6.07, 6.45) is 8.50.